The number of hydrogen-bond donors (Lipinski definition) is 0. The van der Waals surface area contributed by atoms with Crippen LogP contribution in [0.15, 0.2) is 21.1 Å². The van der Waals surface area contributed by atoms with E-state index in [0.29, 0.717) is 5.41 Å². The van der Waals surface area contributed by atoms with Gasteiger partial charge in [-0.3, -0.25) is 0 Å². The summed E-state index contributed by atoms with van der Waals surface area (Å²) in [6, 6.07) is 4.31. The van der Waals surface area contributed by atoms with Crippen molar-refractivity contribution in [2.45, 2.75) is 46.0 Å². The Morgan fingerprint density at radius 1 is 1.00 bits per heavy atom. The quantitative estimate of drug-likeness (QED) is 0.585. The molecule has 2 heteroatoms. The molecule has 0 aromatic heterocycles. The first-order valence-corrected chi connectivity index (χ1v) is 7.33. The summed E-state index contributed by atoms with van der Waals surface area (Å²) in [5.41, 5.74) is 3.53. The number of benzene rings is 1. The third-order valence-corrected chi connectivity index (χ3v) is 5.93. The predicted octanol–water partition coefficient (Wildman–Crippen LogP) is 5.46. The van der Waals surface area contributed by atoms with E-state index in [2.05, 4.69) is 71.7 Å². The molecule has 0 radical (unpaired) electrons. The van der Waals surface area contributed by atoms with Crippen LogP contribution < -0.4 is 0 Å². The van der Waals surface area contributed by atoms with Crippen LogP contribution in [0, 0.1) is 5.41 Å². The molecule has 1 aromatic carbocycles. The summed E-state index contributed by atoms with van der Waals surface area (Å²) in [6.45, 7) is 9.48. The van der Waals surface area contributed by atoms with Crippen LogP contribution in [-0.4, -0.2) is 0 Å². The minimum Gasteiger partial charge on any atom is -0.0591 e. The van der Waals surface area contributed by atoms with Gasteiger partial charge < -0.3 is 0 Å². The molecule has 0 aliphatic heterocycles. The maximum absolute atomic E-state index is 3.72. The first-order chi connectivity index (χ1) is 7.27. The van der Waals surface area contributed by atoms with Crippen molar-refractivity contribution in [2.24, 2.45) is 5.41 Å². The lowest BCUT2D eigenvalue weighted by atomic mass is 9.57. The molecule has 0 saturated carbocycles. The molecule has 16 heavy (non-hydrogen) atoms. The molecule has 0 bridgehead atoms. The first kappa shape index (κ1) is 12.6. The van der Waals surface area contributed by atoms with Crippen LogP contribution in [-0.2, 0) is 11.8 Å². The molecule has 0 atom stereocenters. The highest BCUT2D eigenvalue weighted by Crippen LogP contribution is 2.52. The van der Waals surface area contributed by atoms with E-state index in [0.717, 1.165) is 0 Å². The summed E-state index contributed by atoms with van der Waals surface area (Å²) in [6.07, 6.45) is 2.42. The van der Waals surface area contributed by atoms with Crippen molar-refractivity contribution in [3.63, 3.8) is 0 Å². The Morgan fingerprint density at radius 2 is 1.56 bits per heavy atom. The Hall–Kier alpha value is 0.180. The number of fused-ring (bicyclic) bond motifs is 1. The van der Waals surface area contributed by atoms with Crippen LogP contribution in [0.5, 0.6) is 0 Å². The molecule has 0 N–H and O–H groups in total. The van der Waals surface area contributed by atoms with E-state index in [1.165, 1.54) is 32.9 Å². The van der Waals surface area contributed by atoms with Gasteiger partial charge in [0.25, 0.3) is 0 Å². The Bertz CT molecular complexity index is 431. The van der Waals surface area contributed by atoms with E-state index in [9.17, 15) is 0 Å². The minimum absolute atomic E-state index is 0.212. The third-order valence-electron chi connectivity index (χ3n) is 4.52. The highest BCUT2D eigenvalue weighted by Gasteiger charge is 2.44. The SMILES string of the molecule is CC1(C)CCc2c(Br)ccc(Br)c2C1(C)C. The second-order valence-corrected chi connectivity index (χ2v) is 7.60. The van der Waals surface area contributed by atoms with Crippen molar-refractivity contribution in [1.82, 2.24) is 0 Å². The summed E-state index contributed by atoms with van der Waals surface area (Å²) in [5.74, 6) is 0. The zero-order chi connectivity index (χ0) is 12.1. The summed E-state index contributed by atoms with van der Waals surface area (Å²) in [4.78, 5) is 0. The van der Waals surface area contributed by atoms with E-state index in [1.54, 1.807) is 0 Å². The molecule has 0 saturated heterocycles. The van der Waals surface area contributed by atoms with Gasteiger partial charge in [-0.25, -0.2) is 0 Å². The fraction of sp³-hybridized carbons (Fsp3) is 0.571. The summed E-state index contributed by atoms with van der Waals surface area (Å²) in [7, 11) is 0. The summed E-state index contributed by atoms with van der Waals surface area (Å²) in [5, 5.41) is 0. The molecule has 0 fully saturated rings. The molecule has 0 nitrogen and oxygen atoms in total. The predicted molar refractivity (Wildman–Crippen MR) is 77.0 cm³/mol. The monoisotopic (exact) mass is 344 g/mol. The molecule has 1 aromatic rings. The van der Waals surface area contributed by atoms with Crippen molar-refractivity contribution >= 4 is 31.9 Å². The molecule has 0 spiro atoms. The second kappa shape index (κ2) is 3.84. The Morgan fingerprint density at radius 3 is 2.19 bits per heavy atom. The van der Waals surface area contributed by atoms with Gasteiger partial charge in [-0.05, 0) is 46.9 Å². The summed E-state index contributed by atoms with van der Waals surface area (Å²) >= 11 is 7.41. The lowest BCUT2D eigenvalue weighted by Gasteiger charge is -2.48. The third kappa shape index (κ3) is 1.69. The summed E-state index contributed by atoms with van der Waals surface area (Å²) < 4.78 is 2.51. The smallest absolute Gasteiger partial charge is 0.0216 e. The first-order valence-electron chi connectivity index (χ1n) is 5.75. The van der Waals surface area contributed by atoms with Crippen LogP contribution in [0.2, 0.25) is 0 Å². The van der Waals surface area contributed by atoms with E-state index >= 15 is 0 Å². The molecule has 2 rings (SSSR count). The maximum atomic E-state index is 3.72. The van der Waals surface area contributed by atoms with Gasteiger partial charge in [-0.1, -0.05) is 59.6 Å². The topological polar surface area (TPSA) is 0 Å². The van der Waals surface area contributed by atoms with Gasteiger partial charge in [-0.2, -0.15) is 0 Å². The molecule has 88 valence electrons. The second-order valence-electron chi connectivity index (χ2n) is 5.89. The van der Waals surface area contributed by atoms with Gasteiger partial charge in [0.05, 0.1) is 0 Å². The molecule has 1 aliphatic carbocycles. The lowest BCUT2D eigenvalue weighted by Crippen LogP contribution is -2.41. The van der Waals surface area contributed by atoms with Gasteiger partial charge >= 0.3 is 0 Å². The fourth-order valence-electron chi connectivity index (χ4n) is 2.60. The van der Waals surface area contributed by atoms with Gasteiger partial charge in [0.2, 0.25) is 0 Å². The van der Waals surface area contributed by atoms with Gasteiger partial charge in [-0.15, -0.1) is 0 Å². The molecule has 1 aliphatic rings. The standard InChI is InChI=1S/C14H18Br2/c1-13(2)8-7-9-10(15)5-6-11(16)12(9)14(13,3)4/h5-6H,7-8H2,1-4H3. The number of rotatable bonds is 0. The van der Waals surface area contributed by atoms with E-state index in [1.807, 2.05) is 0 Å². The normalized spacial score (nSPS) is 21.6. The van der Waals surface area contributed by atoms with E-state index < -0.39 is 0 Å². The fourth-order valence-corrected chi connectivity index (χ4v) is 4.00. The maximum Gasteiger partial charge on any atom is 0.0216 e. The van der Waals surface area contributed by atoms with Gasteiger partial charge in [0, 0.05) is 8.95 Å². The molecular weight excluding hydrogens is 328 g/mol. The minimum atomic E-state index is 0.212. The zero-order valence-electron chi connectivity index (χ0n) is 10.3. The lowest BCUT2D eigenvalue weighted by molar-refractivity contribution is 0.164. The Labute approximate surface area is 115 Å². The van der Waals surface area contributed by atoms with Crippen LogP contribution in [0.3, 0.4) is 0 Å². The number of halogens is 2. The zero-order valence-corrected chi connectivity index (χ0v) is 13.5. The molecule has 0 unspecified atom stereocenters. The van der Waals surface area contributed by atoms with Gasteiger partial charge in [0.1, 0.15) is 0 Å². The largest absolute Gasteiger partial charge is 0.0591 e. The van der Waals surface area contributed by atoms with Crippen molar-refractivity contribution in [1.29, 1.82) is 0 Å². The van der Waals surface area contributed by atoms with Crippen LogP contribution in [0.1, 0.15) is 45.2 Å². The average molecular weight is 346 g/mol. The van der Waals surface area contributed by atoms with E-state index in [4.69, 9.17) is 0 Å². The Balaban J connectivity index is 2.72. The van der Waals surface area contributed by atoms with E-state index in [-0.39, 0.29) is 5.41 Å². The highest BCUT2D eigenvalue weighted by molar-refractivity contribution is 9.11. The Kier molecular flexibility index (Phi) is 3.03. The van der Waals surface area contributed by atoms with Crippen LogP contribution >= 0.6 is 31.9 Å². The van der Waals surface area contributed by atoms with Crippen LogP contribution in [0.4, 0.5) is 0 Å². The molecule has 0 amide bonds. The van der Waals surface area contributed by atoms with Crippen LogP contribution in [0.25, 0.3) is 0 Å². The average Bonchev–Trinajstić information content (AvgIpc) is 2.16. The van der Waals surface area contributed by atoms with Crippen molar-refractivity contribution in [2.75, 3.05) is 0 Å². The van der Waals surface area contributed by atoms with Crippen molar-refractivity contribution in [3.8, 4) is 0 Å². The molecule has 0 heterocycles. The highest BCUT2D eigenvalue weighted by atomic mass is 79.9. The van der Waals surface area contributed by atoms with Crippen molar-refractivity contribution < 1.29 is 0 Å². The van der Waals surface area contributed by atoms with Gasteiger partial charge in [0.15, 0.2) is 0 Å². The molecular formula is C14H18Br2. The number of hydrogen-bond acceptors (Lipinski definition) is 0. The van der Waals surface area contributed by atoms with Crippen molar-refractivity contribution in [3.05, 3.63) is 32.2 Å².